The molecule has 2 rings (SSSR count). The lowest BCUT2D eigenvalue weighted by Gasteiger charge is -2.26. The Morgan fingerprint density at radius 2 is 1.95 bits per heavy atom. The Balaban J connectivity index is 2.38. The van der Waals surface area contributed by atoms with Crippen molar-refractivity contribution in [1.82, 2.24) is 10.3 Å². The van der Waals surface area contributed by atoms with Crippen LogP contribution in [0.25, 0.3) is 0 Å². The number of aromatic nitrogens is 1. The average molecular weight is 293 g/mol. The summed E-state index contributed by atoms with van der Waals surface area (Å²) in [6, 6.07) is 8.92. The van der Waals surface area contributed by atoms with E-state index in [1.165, 1.54) is 0 Å². The molecule has 0 amide bonds. The number of rotatable bonds is 5. The highest BCUT2D eigenvalue weighted by molar-refractivity contribution is 6.30. The standard InChI is InChI=1S/C16H18ClFN2/c1-3-20-16(11(2)12-7-9-19-10-8-12)13-5-4-6-14(17)15(13)18/h4-11,16,20H,3H2,1-2H3. The summed E-state index contributed by atoms with van der Waals surface area (Å²) in [6.07, 6.45) is 3.51. The molecular weight excluding hydrogens is 275 g/mol. The largest absolute Gasteiger partial charge is 0.310 e. The minimum absolute atomic E-state index is 0.117. The van der Waals surface area contributed by atoms with Crippen molar-refractivity contribution in [2.24, 2.45) is 0 Å². The Hall–Kier alpha value is -1.45. The van der Waals surface area contributed by atoms with Crippen molar-refractivity contribution in [2.45, 2.75) is 25.8 Å². The third-order valence-corrected chi connectivity index (χ3v) is 3.76. The predicted molar refractivity (Wildman–Crippen MR) is 80.5 cm³/mol. The van der Waals surface area contributed by atoms with Crippen molar-refractivity contribution in [3.63, 3.8) is 0 Å². The first-order valence-electron chi connectivity index (χ1n) is 6.72. The molecule has 0 aliphatic rings. The Morgan fingerprint density at radius 3 is 2.60 bits per heavy atom. The van der Waals surface area contributed by atoms with Crippen molar-refractivity contribution >= 4 is 11.6 Å². The summed E-state index contributed by atoms with van der Waals surface area (Å²) in [5.74, 6) is -0.230. The molecule has 1 heterocycles. The molecule has 1 aromatic carbocycles. The zero-order chi connectivity index (χ0) is 14.5. The van der Waals surface area contributed by atoms with E-state index in [0.29, 0.717) is 5.56 Å². The van der Waals surface area contributed by atoms with Gasteiger partial charge in [-0.05, 0) is 30.3 Å². The van der Waals surface area contributed by atoms with E-state index >= 15 is 0 Å². The minimum atomic E-state index is -0.346. The van der Waals surface area contributed by atoms with E-state index in [4.69, 9.17) is 11.6 Å². The molecule has 4 heteroatoms. The Bertz CT molecular complexity index is 560. The lowest BCUT2D eigenvalue weighted by atomic mass is 9.88. The van der Waals surface area contributed by atoms with Crippen LogP contribution in [0.2, 0.25) is 5.02 Å². The Labute approximate surface area is 124 Å². The Morgan fingerprint density at radius 1 is 1.25 bits per heavy atom. The molecule has 1 aromatic heterocycles. The molecule has 2 nitrogen and oxygen atoms in total. The van der Waals surface area contributed by atoms with Crippen molar-refractivity contribution in [3.05, 3.63) is 64.7 Å². The second-order valence-electron chi connectivity index (χ2n) is 4.75. The van der Waals surface area contributed by atoms with E-state index in [0.717, 1.165) is 12.1 Å². The van der Waals surface area contributed by atoms with Gasteiger partial charge in [-0.3, -0.25) is 4.98 Å². The van der Waals surface area contributed by atoms with Crippen LogP contribution >= 0.6 is 11.6 Å². The predicted octanol–water partition coefficient (Wildman–Crippen LogP) is 4.33. The molecule has 1 N–H and O–H groups in total. The van der Waals surface area contributed by atoms with Gasteiger partial charge < -0.3 is 5.32 Å². The highest BCUT2D eigenvalue weighted by Crippen LogP contribution is 2.33. The summed E-state index contributed by atoms with van der Waals surface area (Å²) in [6.45, 7) is 4.84. The van der Waals surface area contributed by atoms with Crippen LogP contribution in [0, 0.1) is 5.82 Å². The van der Waals surface area contributed by atoms with Gasteiger partial charge in [-0.1, -0.05) is 37.6 Å². The zero-order valence-corrected chi connectivity index (χ0v) is 12.4. The van der Waals surface area contributed by atoms with Gasteiger partial charge >= 0.3 is 0 Å². The minimum Gasteiger partial charge on any atom is -0.310 e. The molecule has 0 bridgehead atoms. The molecule has 0 saturated heterocycles. The SMILES string of the molecule is CCNC(c1cccc(Cl)c1F)C(C)c1ccncc1. The van der Waals surface area contributed by atoms with Gasteiger partial charge in [-0.2, -0.15) is 0 Å². The maximum Gasteiger partial charge on any atom is 0.146 e. The van der Waals surface area contributed by atoms with Crippen molar-refractivity contribution in [1.29, 1.82) is 0 Å². The van der Waals surface area contributed by atoms with Gasteiger partial charge in [-0.25, -0.2) is 4.39 Å². The quantitative estimate of drug-likeness (QED) is 0.887. The van der Waals surface area contributed by atoms with Crippen molar-refractivity contribution in [3.8, 4) is 0 Å². The molecule has 2 unspecified atom stereocenters. The highest BCUT2D eigenvalue weighted by Gasteiger charge is 2.23. The van der Waals surface area contributed by atoms with Gasteiger partial charge in [0.25, 0.3) is 0 Å². The average Bonchev–Trinajstić information content (AvgIpc) is 2.48. The fraction of sp³-hybridized carbons (Fsp3) is 0.312. The van der Waals surface area contributed by atoms with Crippen LogP contribution in [0.5, 0.6) is 0 Å². The van der Waals surface area contributed by atoms with Gasteiger partial charge in [0.05, 0.1) is 5.02 Å². The lowest BCUT2D eigenvalue weighted by molar-refractivity contribution is 0.456. The first-order valence-corrected chi connectivity index (χ1v) is 7.10. The van der Waals surface area contributed by atoms with Gasteiger partial charge in [0.1, 0.15) is 5.82 Å². The van der Waals surface area contributed by atoms with E-state index in [-0.39, 0.29) is 22.8 Å². The zero-order valence-electron chi connectivity index (χ0n) is 11.6. The molecule has 0 radical (unpaired) electrons. The van der Waals surface area contributed by atoms with Crippen LogP contribution in [0.15, 0.2) is 42.7 Å². The van der Waals surface area contributed by atoms with Gasteiger partial charge in [0.15, 0.2) is 0 Å². The molecule has 0 aliphatic carbocycles. The second-order valence-corrected chi connectivity index (χ2v) is 5.15. The number of halogens is 2. The molecule has 2 aromatic rings. The normalized spacial score (nSPS) is 14.0. The molecule has 20 heavy (non-hydrogen) atoms. The molecule has 0 saturated carbocycles. The van der Waals surface area contributed by atoms with Gasteiger partial charge in [0.2, 0.25) is 0 Å². The second kappa shape index (κ2) is 6.82. The van der Waals surface area contributed by atoms with E-state index < -0.39 is 0 Å². The molecule has 2 atom stereocenters. The van der Waals surface area contributed by atoms with Crippen molar-refractivity contribution in [2.75, 3.05) is 6.54 Å². The highest BCUT2D eigenvalue weighted by atomic mass is 35.5. The first kappa shape index (κ1) is 14.9. The van der Waals surface area contributed by atoms with Gasteiger partial charge in [0, 0.05) is 29.9 Å². The third-order valence-electron chi connectivity index (χ3n) is 3.47. The summed E-state index contributed by atoms with van der Waals surface area (Å²) < 4.78 is 14.3. The van der Waals surface area contributed by atoms with Crippen LogP contribution in [0.1, 0.15) is 36.9 Å². The van der Waals surface area contributed by atoms with E-state index in [1.807, 2.05) is 19.1 Å². The summed E-state index contributed by atoms with van der Waals surface area (Å²) >= 11 is 5.90. The number of nitrogens with one attached hydrogen (secondary N) is 1. The van der Waals surface area contributed by atoms with E-state index in [1.54, 1.807) is 30.6 Å². The van der Waals surface area contributed by atoms with Crippen LogP contribution in [0.3, 0.4) is 0 Å². The van der Waals surface area contributed by atoms with Crippen LogP contribution in [0.4, 0.5) is 4.39 Å². The number of pyridine rings is 1. The maximum absolute atomic E-state index is 14.3. The number of benzene rings is 1. The molecule has 0 fully saturated rings. The van der Waals surface area contributed by atoms with Crippen molar-refractivity contribution < 1.29 is 4.39 Å². The molecule has 106 valence electrons. The van der Waals surface area contributed by atoms with E-state index in [2.05, 4.69) is 17.2 Å². The molecular formula is C16H18ClFN2. The fourth-order valence-corrected chi connectivity index (χ4v) is 2.58. The first-order chi connectivity index (χ1) is 9.65. The Kier molecular flexibility index (Phi) is 5.10. The maximum atomic E-state index is 14.3. The smallest absolute Gasteiger partial charge is 0.146 e. The molecule has 0 spiro atoms. The summed E-state index contributed by atoms with van der Waals surface area (Å²) in [5, 5.41) is 3.51. The number of hydrogen-bond donors (Lipinski definition) is 1. The van der Waals surface area contributed by atoms with E-state index in [9.17, 15) is 4.39 Å². The topological polar surface area (TPSA) is 24.9 Å². The lowest BCUT2D eigenvalue weighted by Crippen LogP contribution is -2.26. The fourth-order valence-electron chi connectivity index (χ4n) is 2.40. The summed E-state index contributed by atoms with van der Waals surface area (Å²) in [7, 11) is 0. The molecule has 0 aliphatic heterocycles. The third kappa shape index (κ3) is 3.17. The number of likely N-dealkylation sites (N-methyl/N-ethyl adjacent to an activating group) is 1. The summed E-state index contributed by atoms with van der Waals surface area (Å²) in [5.41, 5.74) is 1.72. The monoisotopic (exact) mass is 292 g/mol. The number of nitrogens with zero attached hydrogens (tertiary/aromatic N) is 1. The summed E-state index contributed by atoms with van der Waals surface area (Å²) in [4.78, 5) is 4.02. The number of hydrogen-bond acceptors (Lipinski definition) is 2. The van der Waals surface area contributed by atoms with Crippen LogP contribution in [-0.4, -0.2) is 11.5 Å². The van der Waals surface area contributed by atoms with Crippen LogP contribution < -0.4 is 5.32 Å². The van der Waals surface area contributed by atoms with Crippen LogP contribution in [-0.2, 0) is 0 Å². The van der Waals surface area contributed by atoms with Gasteiger partial charge in [-0.15, -0.1) is 0 Å².